The minimum absolute atomic E-state index is 0.0136. The molecular formula is C14H31NO4Si. The lowest BCUT2D eigenvalue weighted by Crippen LogP contribution is -2.43. The van der Waals surface area contributed by atoms with E-state index in [-0.39, 0.29) is 30.2 Å². The van der Waals surface area contributed by atoms with E-state index in [1.807, 2.05) is 0 Å². The van der Waals surface area contributed by atoms with Crippen LogP contribution in [-0.4, -0.2) is 51.8 Å². The zero-order valence-electron chi connectivity index (χ0n) is 13.8. The average molecular weight is 305 g/mol. The van der Waals surface area contributed by atoms with Crippen molar-refractivity contribution >= 4 is 14.3 Å². The lowest BCUT2D eigenvalue weighted by atomic mass is 10.2. The second-order valence-corrected chi connectivity index (χ2v) is 11.3. The molecule has 1 atom stereocenters. The van der Waals surface area contributed by atoms with Crippen LogP contribution in [0, 0.1) is 0 Å². The standard InChI is InChI=1S/C14H31NO4Si/c1-7-18-13(17)10-15-12(11-16)8-9-19-20(5,6)14(2,3)4/h12,15-16H,7-11H2,1-6H3. The van der Waals surface area contributed by atoms with E-state index >= 15 is 0 Å². The van der Waals surface area contributed by atoms with E-state index in [0.717, 1.165) is 0 Å². The van der Waals surface area contributed by atoms with Gasteiger partial charge in [-0.15, -0.1) is 0 Å². The van der Waals surface area contributed by atoms with E-state index < -0.39 is 8.32 Å². The first-order chi connectivity index (χ1) is 9.14. The summed E-state index contributed by atoms with van der Waals surface area (Å²) in [6.45, 7) is 13.8. The van der Waals surface area contributed by atoms with Gasteiger partial charge in [-0.25, -0.2) is 0 Å². The Bertz CT molecular complexity index is 289. The molecule has 0 heterocycles. The summed E-state index contributed by atoms with van der Waals surface area (Å²) < 4.78 is 10.9. The molecule has 1 unspecified atom stereocenters. The molecule has 0 aromatic carbocycles. The maximum atomic E-state index is 11.2. The SMILES string of the molecule is CCOC(=O)CNC(CO)CCO[Si](C)(C)C(C)(C)C. The van der Waals surface area contributed by atoms with Crippen molar-refractivity contribution in [2.24, 2.45) is 0 Å². The fraction of sp³-hybridized carbons (Fsp3) is 0.929. The smallest absolute Gasteiger partial charge is 0.319 e. The number of nitrogens with one attached hydrogen (secondary N) is 1. The van der Waals surface area contributed by atoms with E-state index in [2.05, 4.69) is 39.2 Å². The van der Waals surface area contributed by atoms with Crippen LogP contribution in [-0.2, 0) is 14.0 Å². The number of aliphatic hydroxyl groups excluding tert-OH is 1. The molecule has 120 valence electrons. The maximum absolute atomic E-state index is 11.2. The van der Waals surface area contributed by atoms with Gasteiger partial charge in [-0.1, -0.05) is 20.8 Å². The molecule has 0 aliphatic carbocycles. The molecule has 2 N–H and O–H groups in total. The van der Waals surface area contributed by atoms with Gasteiger partial charge in [0.25, 0.3) is 0 Å². The third kappa shape index (κ3) is 7.38. The summed E-state index contributed by atoms with van der Waals surface area (Å²) in [5, 5.41) is 12.5. The maximum Gasteiger partial charge on any atom is 0.319 e. The molecule has 0 saturated carbocycles. The van der Waals surface area contributed by atoms with E-state index in [4.69, 9.17) is 9.16 Å². The van der Waals surface area contributed by atoms with E-state index in [9.17, 15) is 9.90 Å². The van der Waals surface area contributed by atoms with E-state index in [1.165, 1.54) is 0 Å². The van der Waals surface area contributed by atoms with Crippen molar-refractivity contribution < 1.29 is 19.1 Å². The van der Waals surface area contributed by atoms with Crippen molar-refractivity contribution in [1.82, 2.24) is 5.32 Å². The number of carbonyl (C=O) groups is 1. The molecule has 0 aliphatic rings. The first-order valence-electron chi connectivity index (χ1n) is 7.28. The van der Waals surface area contributed by atoms with Gasteiger partial charge in [0.05, 0.1) is 19.8 Å². The largest absolute Gasteiger partial charge is 0.465 e. The molecule has 0 aromatic rings. The number of aliphatic hydroxyl groups is 1. The normalized spacial score (nSPS) is 14.2. The van der Waals surface area contributed by atoms with Gasteiger partial charge < -0.3 is 19.6 Å². The Labute approximate surface area is 124 Å². The van der Waals surface area contributed by atoms with Gasteiger partial charge in [0.2, 0.25) is 0 Å². The van der Waals surface area contributed by atoms with Crippen LogP contribution in [0.5, 0.6) is 0 Å². The zero-order valence-corrected chi connectivity index (χ0v) is 14.8. The first-order valence-corrected chi connectivity index (χ1v) is 10.2. The highest BCUT2D eigenvalue weighted by Crippen LogP contribution is 2.36. The molecule has 0 saturated heterocycles. The van der Waals surface area contributed by atoms with Crippen LogP contribution in [0.15, 0.2) is 0 Å². The summed E-state index contributed by atoms with van der Waals surface area (Å²) in [6, 6.07) is -0.135. The summed E-state index contributed by atoms with van der Waals surface area (Å²) in [4.78, 5) is 11.2. The van der Waals surface area contributed by atoms with Crippen molar-refractivity contribution in [2.45, 2.75) is 58.3 Å². The minimum Gasteiger partial charge on any atom is -0.465 e. The van der Waals surface area contributed by atoms with Crippen molar-refractivity contribution in [3.63, 3.8) is 0 Å². The molecule has 0 amide bonds. The number of hydrogen-bond donors (Lipinski definition) is 2. The lowest BCUT2D eigenvalue weighted by molar-refractivity contribution is -0.142. The van der Waals surface area contributed by atoms with Gasteiger partial charge in [0.1, 0.15) is 0 Å². The first kappa shape index (κ1) is 19.6. The molecule has 0 fully saturated rings. The van der Waals surface area contributed by atoms with Gasteiger partial charge in [-0.05, 0) is 31.5 Å². The van der Waals surface area contributed by atoms with Crippen molar-refractivity contribution in [3.8, 4) is 0 Å². The zero-order chi connectivity index (χ0) is 15.8. The summed E-state index contributed by atoms with van der Waals surface area (Å²) in [6.07, 6.45) is 0.683. The van der Waals surface area contributed by atoms with Crippen LogP contribution >= 0.6 is 0 Å². The molecule has 0 bridgehead atoms. The highest BCUT2D eigenvalue weighted by Gasteiger charge is 2.36. The highest BCUT2D eigenvalue weighted by molar-refractivity contribution is 6.74. The molecule has 5 nitrogen and oxygen atoms in total. The molecule has 0 rings (SSSR count). The Balaban J connectivity index is 4.05. The second kappa shape index (κ2) is 8.77. The van der Waals surface area contributed by atoms with Crippen LogP contribution in [0.1, 0.15) is 34.1 Å². The summed E-state index contributed by atoms with van der Waals surface area (Å²) in [5.41, 5.74) is 0. The van der Waals surface area contributed by atoms with Crippen LogP contribution in [0.3, 0.4) is 0 Å². The molecule has 0 aliphatic heterocycles. The molecule has 0 aromatic heterocycles. The minimum atomic E-state index is -1.74. The molecular weight excluding hydrogens is 274 g/mol. The predicted molar refractivity (Wildman–Crippen MR) is 83.3 cm³/mol. The Hall–Kier alpha value is -0.433. The van der Waals surface area contributed by atoms with Crippen LogP contribution < -0.4 is 5.32 Å². The molecule has 6 heteroatoms. The average Bonchev–Trinajstić information content (AvgIpc) is 2.32. The van der Waals surface area contributed by atoms with Crippen molar-refractivity contribution in [2.75, 3.05) is 26.4 Å². The van der Waals surface area contributed by atoms with Gasteiger partial charge in [-0.3, -0.25) is 4.79 Å². The Morgan fingerprint density at radius 1 is 1.35 bits per heavy atom. The van der Waals surface area contributed by atoms with Gasteiger partial charge in [0, 0.05) is 12.6 Å². The second-order valence-electron chi connectivity index (χ2n) is 6.46. The molecule has 20 heavy (non-hydrogen) atoms. The molecule has 0 spiro atoms. The van der Waals surface area contributed by atoms with Crippen LogP contribution in [0.4, 0.5) is 0 Å². The predicted octanol–water partition coefficient (Wildman–Crippen LogP) is 1.91. The monoisotopic (exact) mass is 305 g/mol. The fourth-order valence-electron chi connectivity index (χ4n) is 1.37. The number of hydrogen-bond acceptors (Lipinski definition) is 5. The number of esters is 1. The molecule has 0 radical (unpaired) electrons. The lowest BCUT2D eigenvalue weighted by Gasteiger charge is -2.36. The Morgan fingerprint density at radius 3 is 2.40 bits per heavy atom. The van der Waals surface area contributed by atoms with Crippen LogP contribution in [0.2, 0.25) is 18.1 Å². The third-order valence-electron chi connectivity index (χ3n) is 3.80. The van der Waals surface area contributed by atoms with Gasteiger partial charge in [0.15, 0.2) is 8.32 Å². The number of rotatable bonds is 9. The Morgan fingerprint density at radius 2 is 1.95 bits per heavy atom. The number of carbonyl (C=O) groups excluding carboxylic acids is 1. The topological polar surface area (TPSA) is 67.8 Å². The summed E-state index contributed by atoms with van der Waals surface area (Å²) >= 11 is 0. The summed E-state index contributed by atoms with van der Waals surface area (Å²) in [5.74, 6) is -0.295. The van der Waals surface area contributed by atoms with Gasteiger partial charge in [-0.2, -0.15) is 0 Å². The summed E-state index contributed by atoms with van der Waals surface area (Å²) in [7, 11) is -1.74. The third-order valence-corrected chi connectivity index (χ3v) is 8.33. The quantitative estimate of drug-likeness (QED) is 0.503. The fourth-order valence-corrected chi connectivity index (χ4v) is 2.43. The van der Waals surface area contributed by atoms with E-state index in [1.54, 1.807) is 6.92 Å². The highest BCUT2D eigenvalue weighted by atomic mass is 28.4. The van der Waals surface area contributed by atoms with E-state index in [0.29, 0.717) is 19.6 Å². The van der Waals surface area contributed by atoms with Crippen molar-refractivity contribution in [3.05, 3.63) is 0 Å². The van der Waals surface area contributed by atoms with Crippen LogP contribution in [0.25, 0.3) is 0 Å². The Kier molecular flexibility index (Phi) is 8.58. The number of ether oxygens (including phenoxy) is 1. The van der Waals surface area contributed by atoms with Gasteiger partial charge >= 0.3 is 5.97 Å². The van der Waals surface area contributed by atoms with Crippen molar-refractivity contribution in [1.29, 1.82) is 0 Å².